The molecule has 1 saturated carbocycles. The van der Waals surface area contributed by atoms with Crippen molar-refractivity contribution >= 4 is 5.91 Å². The first-order chi connectivity index (χ1) is 19.5. The lowest BCUT2D eigenvalue weighted by atomic mass is 9.84. The molecule has 15 atom stereocenters. The second-order valence-electron chi connectivity index (χ2n) is 11.1. The summed E-state index contributed by atoms with van der Waals surface area (Å²) in [5.41, 5.74) is 24.0. The third-order valence-corrected chi connectivity index (χ3v) is 8.21. The number of carbonyl (C=O) groups is 1. The zero-order valence-electron chi connectivity index (χ0n) is 22.8. The average Bonchev–Trinajstić information content (AvgIpc) is 3.25. The minimum atomic E-state index is -1.49. The van der Waals surface area contributed by atoms with Crippen molar-refractivity contribution in [3.05, 3.63) is 0 Å². The Balaban J connectivity index is 1.37. The quantitative estimate of drug-likeness (QED) is 0.0990. The number of aliphatic hydroxyl groups excluding tert-OH is 5. The summed E-state index contributed by atoms with van der Waals surface area (Å²) in [6, 6.07) is -2.40. The van der Waals surface area contributed by atoms with Crippen molar-refractivity contribution in [1.29, 1.82) is 0 Å². The molecule has 3 saturated heterocycles. The normalized spacial score (nSPS) is 47.3. The van der Waals surface area contributed by atoms with Gasteiger partial charge in [-0.3, -0.25) is 4.79 Å². The maximum Gasteiger partial charge on any atom is 0.220 e. The molecule has 4 fully saturated rings. The Morgan fingerprint density at radius 3 is 2.27 bits per heavy atom. The van der Waals surface area contributed by atoms with E-state index < -0.39 is 92.2 Å². The highest BCUT2D eigenvalue weighted by Crippen LogP contribution is 2.33. The van der Waals surface area contributed by atoms with Crippen LogP contribution in [0.3, 0.4) is 0 Å². The van der Waals surface area contributed by atoms with Gasteiger partial charge in [0.2, 0.25) is 5.91 Å². The summed E-state index contributed by atoms with van der Waals surface area (Å²) in [5, 5.41) is 58.4. The molecular formula is C24H46N6O11. The summed E-state index contributed by atoms with van der Waals surface area (Å²) in [7, 11) is 0. The van der Waals surface area contributed by atoms with Gasteiger partial charge >= 0.3 is 0 Å². The van der Waals surface area contributed by atoms with Crippen molar-refractivity contribution in [1.82, 2.24) is 10.6 Å². The van der Waals surface area contributed by atoms with Gasteiger partial charge in [-0.2, -0.15) is 0 Å². The first-order valence-corrected chi connectivity index (χ1v) is 14.1. The number of nitrogens with one attached hydrogen (secondary N) is 2. The molecule has 0 bridgehead atoms. The molecule has 15 N–H and O–H groups in total. The molecule has 4 rings (SSSR count). The zero-order valence-corrected chi connectivity index (χ0v) is 22.8. The fraction of sp³-hybridized carbons (Fsp3) is 0.958. The molecule has 41 heavy (non-hydrogen) atoms. The number of piperidine rings is 1. The fourth-order valence-electron chi connectivity index (χ4n) is 5.72. The number of amides is 1. The average molecular weight is 595 g/mol. The van der Waals surface area contributed by atoms with Crippen LogP contribution in [-0.4, -0.2) is 156 Å². The molecule has 4 aliphatic rings. The number of ether oxygens (including phenoxy) is 5. The Labute approximate surface area is 237 Å². The van der Waals surface area contributed by atoms with Gasteiger partial charge in [0.25, 0.3) is 0 Å². The van der Waals surface area contributed by atoms with Crippen LogP contribution in [0.5, 0.6) is 0 Å². The Hall–Kier alpha value is -1.13. The second kappa shape index (κ2) is 14.6. The zero-order chi connectivity index (χ0) is 29.8. The van der Waals surface area contributed by atoms with Crippen LogP contribution < -0.4 is 33.6 Å². The standard InChI is InChI=1S/C24H46N6O11/c25-6-12-17(34)18(35)15(28)23(38-12)40-21-13(8-31)39-24(19(21)36)41-22-16(33)10(26)5-11(27)20(22)37-4-3-29-9-1-2-14(32)30-7-9/h9-13,15-24,29,31,33-36H,1-8,25-28H2,(H,30,32)/t9?,10-,11+,12-,13-,15+,16+,17+,18+,19-,20-,21-,22-,23+,24+/m1/s1. The SMILES string of the molecule is NC[C@H]1O[C@@H](O[C@H]2[C@@H](O)[C@H](O[C@@H]3[C@@H](O)[C@H](N)C[C@H](N)[C@H]3OCCNC3CCC(=O)NC3)O[C@@H]2CO)[C@@H](N)[C@H](O)[C@H]1O. The molecule has 0 radical (unpaired) electrons. The van der Waals surface area contributed by atoms with Gasteiger partial charge < -0.3 is 82.8 Å². The number of carbonyl (C=O) groups excluding carboxylic acids is 1. The molecule has 0 aromatic carbocycles. The molecule has 1 unspecified atom stereocenters. The molecule has 17 heteroatoms. The van der Waals surface area contributed by atoms with E-state index in [1.807, 2.05) is 0 Å². The van der Waals surface area contributed by atoms with Crippen LogP contribution in [-0.2, 0) is 28.5 Å². The van der Waals surface area contributed by atoms with Gasteiger partial charge in [-0.1, -0.05) is 0 Å². The van der Waals surface area contributed by atoms with E-state index in [-0.39, 0.29) is 31.5 Å². The van der Waals surface area contributed by atoms with Crippen molar-refractivity contribution in [2.24, 2.45) is 22.9 Å². The van der Waals surface area contributed by atoms with E-state index in [2.05, 4.69) is 10.6 Å². The van der Waals surface area contributed by atoms with Gasteiger partial charge in [-0.15, -0.1) is 0 Å². The van der Waals surface area contributed by atoms with Crippen LogP contribution >= 0.6 is 0 Å². The van der Waals surface area contributed by atoms with Crippen molar-refractivity contribution in [3.63, 3.8) is 0 Å². The van der Waals surface area contributed by atoms with Crippen molar-refractivity contribution in [2.45, 2.75) is 111 Å². The third-order valence-electron chi connectivity index (χ3n) is 8.21. The summed E-state index contributed by atoms with van der Waals surface area (Å²) in [4.78, 5) is 11.4. The van der Waals surface area contributed by atoms with Gasteiger partial charge in [-0.25, -0.2) is 0 Å². The number of hydrogen-bond acceptors (Lipinski definition) is 16. The molecule has 0 spiro atoms. The summed E-state index contributed by atoms with van der Waals surface area (Å²) in [6.45, 7) is 0.496. The highest BCUT2D eigenvalue weighted by atomic mass is 16.8. The molecule has 238 valence electrons. The molecule has 1 aliphatic carbocycles. The van der Waals surface area contributed by atoms with Crippen molar-refractivity contribution in [3.8, 4) is 0 Å². The van der Waals surface area contributed by atoms with Crippen LogP contribution in [0.2, 0.25) is 0 Å². The minimum Gasteiger partial charge on any atom is -0.394 e. The monoisotopic (exact) mass is 594 g/mol. The summed E-state index contributed by atoms with van der Waals surface area (Å²) >= 11 is 0. The fourth-order valence-corrected chi connectivity index (χ4v) is 5.72. The lowest BCUT2D eigenvalue weighted by molar-refractivity contribution is -0.280. The van der Waals surface area contributed by atoms with E-state index >= 15 is 0 Å². The van der Waals surface area contributed by atoms with Gasteiger partial charge in [0.05, 0.1) is 25.4 Å². The number of rotatable bonds is 11. The lowest BCUT2D eigenvalue weighted by Crippen LogP contribution is -2.64. The highest BCUT2D eigenvalue weighted by Gasteiger charge is 2.53. The first-order valence-electron chi connectivity index (χ1n) is 14.1. The van der Waals surface area contributed by atoms with Gasteiger partial charge in [0, 0.05) is 44.2 Å². The number of hydrogen-bond donors (Lipinski definition) is 11. The van der Waals surface area contributed by atoms with Gasteiger partial charge in [0.15, 0.2) is 12.6 Å². The molecule has 0 aromatic rings. The van der Waals surface area contributed by atoms with E-state index in [4.69, 9.17) is 46.6 Å². The molecular weight excluding hydrogens is 548 g/mol. The van der Waals surface area contributed by atoms with E-state index in [1.54, 1.807) is 0 Å². The van der Waals surface area contributed by atoms with E-state index in [9.17, 15) is 30.3 Å². The van der Waals surface area contributed by atoms with Crippen LogP contribution in [0.15, 0.2) is 0 Å². The largest absolute Gasteiger partial charge is 0.394 e. The maximum absolute atomic E-state index is 11.4. The summed E-state index contributed by atoms with van der Waals surface area (Å²) < 4.78 is 29.2. The van der Waals surface area contributed by atoms with Gasteiger partial charge in [0.1, 0.15) is 48.8 Å². The minimum absolute atomic E-state index is 0.0236. The topological polar surface area (TPSA) is 293 Å². The molecule has 1 amide bonds. The van der Waals surface area contributed by atoms with Crippen LogP contribution in [0.4, 0.5) is 0 Å². The predicted octanol–water partition coefficient (Wildman–Crippen LogP) is -6.76. The van der Waals surface area contributed by atoms with Crippen LogP contribution in [0.1, 0.15) is 19.3 Å². The van der Waals surface area contributed by atoms with Crippen molar-refractivity contribution < 1.29 is 54.0 Å². The lowest BCUT2D eigenvalue weighted by Gasteiger charge is -2.43. The third kappa shape index (κ3) is 7.51. The maximum atomic E-state index is 11.4. The Kier molecular flexibility index (Phi) is 11.6. The van der Waals surface area contributed by atoms with Crippen molar-refractivity contribution in [2.75, 3.05) is 32.8 Å². The van der Waals surface area contributed by atoms with Gasteiger partial charge in [-0.05, 0) is 12.8 Å². The second-order valence-corrected chi connectivity index (χ2v) is 11.1. The number of nitrogens with two attached hydrogens (primary N) is 4. The van der Waals surface area contributed by atoms with Crippen LogP contribution in [0, 0.1) is 0 Å². The van der Waals surface area contributed by atoms with E-state index in [0.29, 0.717) is 25.9 Å². The highest BCUT2D eigenvalue weighted by molar-refractivity contribution is 5.76. The smallest absolute Gasteiger partial charge is 0.220 e. The Morgan fingerprint density at radius 1 is 0.902 bits per heavy atom. The molecule has 3 heterocycles. The first kappa shape index (κ1) is 32.8. The Bertz CT molecular complexity index is 838. The molecule has 0 aromatic heterocycles. The molecule has 17 nitrogen and oxygen atoms in total. The summed E-state index contributed by atoms with van der Waals surface area (Å²) in [5.74, 6) is 0.0236. The summed E-state index contributed by atoms with van der Waals surface area (Å²) in [6.07, 6.45) is -11.9. The predicted molar refractivity (Wildman–Crippen MR) is 140 cm³/mol. The number of aliphatic hydroxyl groups is 5. The Morgan fingerprint density at radius 2 is 1.61 bits per heavy atom. The van der Waals surface area contributed by atoms with Crippen LogP contribution in [0.25, 0.3) is 0 Å². The molecule has 3 aliphatic heterocycles. The van der Waals surface area contributed by atoms with E-state index in [1.165, 1.54) is 0 Å². The van der Waals surface area contributed by atoms with E-state index in [0.717, 1.165) is 0 Å².